The Morgan fingerprint density at radius 3 is 1.94 bits per heavy atom. The summed E-state index contributed by atoms with van der Waals surface area (Å²) in [6.45, 7) is 4.35. The molecular formula is C30H38F2. The van der Waals surface area contributed by atoms with Crippen LogP contribution in [0.5, 0.6) is 0 Å². The second-order valence-corrected chi connectivity index (χ2v) is 9.21. The van der Waals surface area contributed by atoms with Gasteiger partial charge in [-0.25, -0.2) is 8.78 Å². The molecule has 2 aromatic carbocycles. The summed E-state index contributed by atoms with van der Waals surface area (Å²) >= 11 is 0. The van der Waals surface area contributed by atoms with Crippen molar-refractivity contribution in [1.29, 1.82) is 0 Å². The summed E-state index contributed by atoms with van der Waals surface area (Å²) in [7, 11) is 0. The Balaban J connectivity index is 1.51. The molecule has 0 unspecified atom stereocenters. The molecule has 0 saturated heterocycles. The Hall–Kier alpha value is -2.22. The minimum Gasteiger partial charge on any atom is -0.203 e. The van der Waals surface area contributed by atoms with Crippen molar-refractivity contribution in [2.45, 2.75) is 78.1 Å². The Morgan fingerprint density at radius 1 is 0.719 bits per heavy atom. The lowest BCUT2D eigenvalue weighted by atomic mass is 9.81. The van der Waals surface area contributed by atoms with Crippen molar-refractivity contribution < 1.29 is 8.78 Å². The van der Waals surface area contributed by atoms with Crippen LogP contribution < -0.4 is 0 Å². The number of benzene rings is 2. The number of hydrogen-bond donors (Lipinski definition) is 0. The van der Waals surface area contributed by atoms with E-state index in [1.165, 1.54) is 44.1 Å². The van der Waals surface area contributed by atoms with Gasteiger partial charge in [-0.05, 0) is 79.9 Å². The van der Waals surface area contributed by atoms with Gasteiger partial charge in [0, 0.05) is 5.56 Å². The van der Waals surface area contributed by atoms with E-state index in [0.717, 1.165) is 30.7 Å². The number of allylic oxidation sites excluding steroid dienone is 4. The van der Waals surface area contributed by atoms with Gasteiger partial charge in [0.25, 0.3) is 0 Å². The quantitative estimate of drug-likeness (QED) is 0.326. The summed E-state index contributed by atoms with van der Waals surface area (Å²) in [6, 6.07) is 11.3. The predicted molar refractivity (Wildman–Crippen MR) is 133 cm³/mol. The van der Waals surface area contributed by atoms with Crippen molar-refractivity contribution >= 4 is 0 Å². The Morgan fingerprint density at radius 2 is 1.34 bits per heavy atom. The highest BCUT2D eigenvalue weighted by molar-refractivity contribution is 5.65. The van der Waals surface area contributed by atoms with Crippen molar-refractivity contribution in [1.82, 2.24) is 0 Å². The van der Waals surface area contributed by atoms with Crippen LogP contribution in [0, 0.1) is 23.5 Å². The summed E-state index contributed by atoms with van der Waals surface area (Å²) in [5.41, 5.74) is 2.76. The molecule has 0 aliphatic heterocycles. The Labute approximate surface area is 193 Å². The highest BCUT2D eigenvalue weighted by Gasteiger charge is 2.17. The molecule has 172 valence electrons. The smallest absolute Gasteiger partial charge is 0.166 e. The van der Waals surface area contributed by atoms with E-state index < -0.39 is 11.6 Å². The van der Waals surface area contributed by atoms with Gasteiger partial charge in [0.15, 0.2) is 11.6 Å². The number of hydrogen-bond acceptors (Lipinski definition) is 0. The largest absolute Gasteiger partial charge is 0.203 e. The fourth-order valence-electron chi connectivity index (χ4n) is 4.66. The van der Waals surface area contributed by atoms with Crippen LogP contribution in [0.4, 0.5) is 8.78 Å². The van der Waals surface area contributed by atoms with Gasteiger partial charge in [-0.1, -0.05) is 87.4 Å². The van der Waals surface area contributed by atoms with Gasteiger partial charge in [-0.3, -0.25) is 0 Å². The Bertz CT molecular complexity index is 884. The fourth-order valence-corrected chi connectivity index (χ4v) is 4.66. The first kappa shape index (κ1) is 24.4. The average Bonchev–Trinajstić information content (AvgIpc) is 2.81. The molecule has 0 aromatic heterocycles. The molecule has 0 heterocycles. The van der Waals surface area contributed by atoms with Crippen LogP contribution in [0.2, 0.25) is 0 Å². The first-order valence-corrected chi connectivity index (χ1v) is 12.5. The maximum atomic E-state index is 14.7. The predicted octanol–water partition coefficient (Wildman–Crippen LogP) is 9.24. The molecule has 0 radical (unpaired) electrons. The van der Waals surface area contributed by atoms with E-state index in [2.05, 4.69) is 38.2 Å². The number of rotatable bonds is 10. The topological polar surface area (TPSA) is 0 Å². The minimum atomic E-state index is -0.732. The third-order valence-electron chi connectivity index (χ3n) is 6.63. The first-order valence-electron chi connectivity index (χ1n) is 12.5. The van der Waals surface area contributed by atoms with Crippen LogP contribution in [0.3, 0.4) is 0 Å². The molecule has 32 heavy (non-hydrogen) atoms. The van der Waals surface area contributed by atoms with Crippen molar-refractivity contribution in [3.05, 3.63) is 83.5 Å². The number of aryl methyl sites for hydroxylation is 2. The average molecular weight is 437 g/mol. The zero-order valence-electron chi connectivity index (χ0n) is 19.8. The van der Waals surface area contributed by atoms with Gasteiger partial charge in [0.2, 0.25) is 0 Å². The molecule has 0 atom stereocenters. The molecule has 0 nitrogen and oxygen atoms in total. The number of unbranched alkanes of at least 4 members (excludes halogenated alkanes) is 1. The van der Waals surface area contributed by atoms with E-state index in [-0.39, 0.29) is 0 Å². The number of halogens is 2. The normalized spacial score (nSPS) is 19.2. The van der Waals surface area contributed by atoms with Crippen LogP contribution in [0.15, 0.2) is 60.7 Å². The van der Waals surface area contributed by atoms with Gasteiger partial charge in [-0.15, -0.1) is 0 Å². The van der Waals surface area contributed by atoms with Crippen LogP contribution in [-0.2, 0) is 12.8 Å². The molecule has 0 amide bonds. The van der Waals surface area contributed by atoms with E-state index in [9.17, 15) is 8.78 Å². The molecule has 1 fully saturated rings. The SMILES string of the molecule is CCC/C=C/C1CCC(/C=C/CCc2ccc(-c3ccc(CCC)cc3)c(F)c2F)CC1. The lowest BCUT2D eigenvalue weighted by molar-refractivity contribution is 0.355. The van der Waals surface area contributed by atoms with Crippen LogP contribution in [0.1, 0.15) is 76.3 Å². The molecule has 3 rings (SSSR count). The lowest BCUT2D eigenvalue weighted by Crippen LogP contribution is -2.11. The highest BCUT2D eigenvalue weighted by atomic mass is 19.2. The lowest BCUT2D eigenvalue weighted by Gasteiger charge is -2.24. The van der Waals surface area contributed by atoms with Crippen molar-refractivity contribution in [2.24, 2.45) is 11.8 Å². The second-order valence-electron chi connectivity index (χ2n) is 9.21. The molecule has 0 bridgehead atoms. The van der Waals surface area contributed by atoms with Crippen LogP contribution in [-0.4, -0.2) is 0 Å². The molecule has 1 saturated carbocycles. The van der Waals surface area contributed by atoms with E-state index in [1.807, 2.05) is 24.3 Å². The van der Waals surface area contributed by atoms with E-state index in [1.54, 1.807) is 12.1 Å². The van der Waals surface area contributed by atoms with Crippen LogP contribution >= 0.6 is 0 Å². The van der Waals surface area contributed by atoms with Gasteiger partial charge < -0.3 is 0 Å². The van der Waals surface area contributed by atoms with Crippen LogP contribution in [0.25, 0.3) is 11.1 Å². The summed E-state index contributed by atoms with van der Waals surface area (Å²) in [4.78, 5) is 0. The summed E-state index contributed by atoms with van der Waals surface area (Å²) < 4.78 is 29.4. The molecular weight excluding hydrogens is 398 g/mol. The van der Waals surface area contributed by atoms with Crippen molar-refractivity contribution in [3.63, 3.8) is 0 Å². The highest BCUT2D eigenvalue weighted by Crippen LogP contribution is 2.31. The zero-order valence-corrected chi connectivity index (χ0v) is 19.8. The molecule has 1 aliphatic carbocycles. The molecule has 1 aliphatic rings. The van der Waals surface area contributed by atoms with E-state index in [4.69, 9.17) is 0 Å². The van der Waals surface area contributed by atoms with Gasteiger partial charge >= 0.3 is 0 Å². The maximum absolute atomic E-state index is 14.7. The van der Waals surface area contributed by atoms with Gasteiger partial charge in [0.1, 0.15) is 0 Å². The summed E-state index contributed by atoms with van der Waals surface area (Å²) in [6.07, 6.45) is 19.9. The maximum Gasteiger partial charge on any atom is 0.166 e. The second kappa shape index (κ2) is 12.7. The van der Waals surface area contributed by atoms with Gasteiger partial charge in [-0.2, -0.15) is 0 Å². The summed E-state index contributed by atoms with van der Waals surface area (Å²) in [5, 5.41) is 0. The fraction of sp³-hybridized carbons (Fsp3) is 0.467. The zero-order chi connectivity index (χ0) is 22.8. The van der Waals surface area contributed by atoms with E-state index in [0.29, 0.717) is 23.5 Å². The first-order chi connectivity index (χ1) is 15.6. The molecule has 0 N–H and O–H groups in total. The third-order valence-corrected chi connectivity index (χ3v) is 6.63. The van der Waals surface area contributed by atoms with Crippen molar-refractivity contribution in [2.75, 3.05) is 0 Å². The molecule has 2 heteroatoms. The van der Waals surface area contributed by atoms with E-state index >= 15 is 0 Å². The third kappa shape index (κ3) is 6.89. The molecule has 2 aromatic rings. The minimum absolute atomic E-state index is 0.342. The molecule has 0 spiro atoms. The summed E-state index contributed by atoms with van der Waals surface area (Å²) in [5.74, 6) is -0.0628. The monoisotopic (exact) mass is 436 g/mol. The Kier molecular flexibility index (Phi) is 9.71. The van der Waals surface area contributed by atoms with Crippen molar-refractivity contribution in [3.8, 4) is 11.1 Å². The standard InChI is InChI=1S/C30H38F2/c1-3-5-6-10-24-13-15-25(16-14-24)11-7-8-12-27-21-22-28(30(32)29(27)31)26-19-17-23(9-4-2)18-20-26/h6-7,10-11,17-22,24-25H,3-5,8-9,12-16H2,1-2H3/b10-6+,11-7+. The van der Waals surface area contributed by atoms with Gasteiger partial charge in [0.05, 0.1) is 0 Å².